The van der Waals surface area contributed by atoms with Crippen LogP contribution in [0.4, 0.5) is 14.9 Å². The van der Waals surface area contributed by atoms with Gasteiger partial charge in [-0.05, 0) is 12.1 Å². The molecule has 0 spiro atoms. The first-order chi connectivity index (χ1) is 13.4. The van der Waals surface area contributed by atoms with Crippen molar-refractivity contribution in [3.05, 3.63) is 77.6 Å². The number of carbonyl (C=O) groups excluding carboxylic acids is 2. The van der Waals surface area contributed by atoms with E-state index in [1.165, 1.54) is 29.2 Å². The highest BCUT2D eigenvalue weighted by Gasteiger charge is 2.11. The van der Waals surface area contributed by atoms with Crippen LogP contribution in [0.5, 0.6) is 5.75 Å². The van der Waals surface area contributed by atoms with Crippen molar-refractivity contribution in [3.8, 4) is 5.75 Å². The van der Waals surface area contributed by atoms with E-state index in [0.29, 0.717) is 16.8 Å². The lowest BCUT2D eigenvalue weighted by atomic mass is 10.1. The fourth-order valence-electron chi connectivity index (χ4n) is 2.60. The van der Waals surface area contributed by atoms with Gasteiger partial charge in [0.15, 0.2) is 0 Å². The minimum atomic E-state index is -0.623. The van der Waals surface area contributed by atoms with E-state index in [4.69, 9.17) is 5.73 Å². The van der Waals surface area contributed by atoms with Crippen molar-refractivity contribution in [2.45, 2.75) is 13.1 Å². The summed E-state index contributed by atoms with van der Waals surface area (Å²) < 4.78 is 15.1. The maximum Gasteiger partial charge on any atom is 0.319 e. The number of hydrogen-bond acceptors (Lipinski definition) is 4. The van der Waals surface area contributed by atoms with Crippen LogP contribution >= 0.6 is 0 Å². The lowest BCUT2D eigenvalue weighted by molar-refractivity contribution is 0.0991. The second kappa shape index (κ2) is 8.21. The number of phenolic OH excluding ortho intramolecular Hbond substituents is 1. The number of aromatic hydroxyl groups is 1. The molecule has 8 nitrogen and oxygen atoms in total. The Hall–Kier alpha value is -3.88. The molecule has 3 rings (SSSR count). The molecule has 3 aromatic rings. The summed E-state index contributed by atoms with van der Waals surface area (Å²) in [6.45, 7) is 0.211. The van der Waals surface area contributed by atoms with E-state index in [-0.39, 0.29) is 24.5 Å². The van der Waals surface area contributed by atoms with Gasteiger partial charge in [0.25, 0.3) is 5.91 Å². The first-order valence-corrected chi connectivity index (χ1v) is 8.34. The number of primary amides is 1. The zero-order valence-electron chi connectivity index (χ0n) is 14.7. The van der Waals surface area contributed by atoms with Crippen molar-refractivity contribution < 1.29 is 19.1 Å². The van der Waals surface area contributed by atoms with Crippen molar-refractivity contribution >= 4 is 17.6 Å². The van der Waals surface area contributed by atoms with Crippen molar-refractivity contribution in [3.63, 3.8) is 0 Å². The summed E-state index contributed by atoms with van der Waals surface area (Å²) in [6.07, 6.45) is 2.77. The van der Waals surface area contributed by atoms with Crippen LogP contribution < -0.4 is 16.4 Å². The third kappa shape index (κ3) is 4.44. The average Bonchev–Trinajstić information content (AvgIpc) is 3.12. The topological polar surface area (TPSA) is 122 Å². The number of carbonyl (C=O) groups is 2. The Labute approximate surface area is 159 Å². The van der Waals surface area contributed by atoms with Gasteiger partial charge in [0.05, 0.1) is 19.1 Å². The Bertz CT molecular complexity index is 1020. The minimum Gasteiger partial charge on any atom is -0.508 e. The van der Waals surface area contributed by atoms with Gasteiger partial charge in [-0.3, -0.25) is 4.79 Å². The number of amides is 3. The molecule has 9 heteroatoms. The Morgan fingerprint density at radius 3 is 2.68 bits per heavy atom. The van der Waals surface area contributed by atoms with Gasteiger partial charge >= 0.3 is 6.03 Å². The summed E-state index contributed by atoms with van der Waals surface area (Å²) in [5, 5.41) is 15.3. The summed E-state index contributed by atoms with van der Waals surface area (Å²) in [7, 11) is 0. The molecule has 144 valence electrons. The van der Waals surface area contributed by atoms with Gasteiger partial charge in [-0.15, -0.1) is 0 Å². The van der Waals surface area contributed by atoms with Gasteiger partial charge in [0.1, 0.15) is 17.3 Å². The summed E-state index contributed by atoms with van der Waals surface area (Å²) >= 11 is 0. The van der Waals surface area contributed by atoms with E-state index in [1.807, 2.05) is 0 Å². The molecule has 0 saturated carbocycles. The number of benzene rings is 2. The quantitative estimate of drug-likeness (QED) is 0.521. The number of urea groups is 1. The van der Waals surface area contributed by atoms with Gasteiger partial charge in [-0.1, -0.05) is 24.3 Å². The predicted octanol–water partition coefficient (Wildman–Crippen LogP) is 2.20. The number of hydrogen-bond donors (Lipinski definition) is 4. The number of nitrogens with two attached hydrogens (primary N) is 1. The number of aromatic nitrogens is 2. The second-order valence-corrected chi connectivity index (χ2v) is 6.01. The number of rotatable bonds is 6. The fourth-order valence-corrected chi connectivity index (χ4v) is 2.60. The molecule has 0 aliphatic heterocycles. The Kier molecular flexibility index (Phi) is 5.54. The van der Waals surface area contributed by atoms with Crippen LogP contribution in [0.1, 0.15) is 21.6 Å². The summed E-state index contributed by atoms with van der Waals surface area (Å²) in [4.78, 5) is 27.2. The number of imidazole rings is 1. The molecule has 1 heterocycles. The standard InChI is InChI=1S/C19H18FN5O3/c20-15-4-2-1-3-12(15)8-23-19(28)24-14-6-5-13(17(26)7-14)10-25-11-22-9-16(25)18(21)27/h1-7,9,11,26H,8,10H2,(H2,21,27)(H2,23,24,28). The van der Waals surface area contributed by atoms with Crippen LogP contribution in [0.25, 0.3) is 0 Å². The monoisotopic (exact) mass is 383 g/mol. The number of halogens is 1. The number of nitrogens with one attached hydrogen (secondary N) is 2. The SMILES string of the molecule is NC(=O)c1cncn1Cc1ccc(NC(=O)NCc2ccccc2F)cc1O. The molecular weight excluding hydrogens is 365 g/mol. The van der Waals surface area contributed by atoms with Crippen LogP contribution in [0.2, 0.25) is 0 Å². The van der Waals surface area contributed by atoms with Crippen molar-refractivity contribution in [1.82, 2.24) is 14.9 Å². The minimum absolute atomic E-state index is 0.0269. The number of phenols is 1. The molecule has 0 aliphatic rings. The lowest BCUT2D eigenvalue weighted by Crippen LogP contribution is -2.28. The van der Waals surface area contributed by atoms with Gasteiger partial charge in [0, 0.05) is 29.4 Å². The highest BCUT2D eigenvalue weighted by atomic mass is 19.1. The molecule has 3 amide bonds. The lowest BCUT2D eigenvalue weighted by Gasteiger charge is -2.11. The summed E-state index contributed by atoms with van der Waals surface area (Å²) in [5.74, 6) is -1.10. The maximum absolute atomic E-state index is 13.6. The molecule has 0 saturated heterocycles. The van der Waals surface area contributed by atoms with Crippen LogP contribution in [0.15, 0.2) is 55.0 Å². The molecule has 0 bridgehead atoms. The maximum atomic E-state index is 13.6. The van der Waals surface area contributed by atoms with E-state index in [1.54, 1.807) is 30.3 Å². The van der Waals surface area contributed by atoms with E-state index in [2.05, 4.69) is 15.6 Å². The molecule has 1 aromatic heterocycles. The molecule has 28 heavy (non-hydrogen) atoms. The van der Waals surface area contributed by atoms with Crippen molar-refractivity contribution in [2.75, 3.05) is 5.32 Å². The van der Waals surface area contributed by atoms with Crippen LogP contribution in [-0.4, -0.2) is 26.6 Å². The zero-order valence-corrected chi connectivity index (χ0v) is 14.7. The third-order valence-corrected chi connectivity index (χ3v) is 4.05. The van der Waals surface area contributed by atoms with E-state index >= 15 is 0 Å². The van der Waals surface area contributed by atoms with Crippen LogP contribution in [-0.2, 0) is 13.1 Å². The van der Waals surface area contributed by atoms with Gasteiger partial charge < -0.3 is 26.0 Å². The molecule has 0 radical (unpaired) electrons. The molecule has 2 aromatic carbocycles. The van der Waals surface area contributed by atoms with E-state index in [0.717, 1.165) is 0 Å². The van der Waals surface area contributed by atoms with Gasteiger partial charge in [0.2, 0.25) is 0 Å². The smallest absolute Gasteiger partial charge is 0.319 e. The van der Waals surface area contributed by atoms with Gasteiger partial charge in [-0.2, -0.15) is 0 Å². The van der Waals surface area contributed by atoms with E-state index in [9.17, 15) is 19.1 Å². The normalized spacial score (nSPS) is 10.5. The number of anilines is 1. The molecule has 0 fully saturated rings. The van der Waals surface area contributed by atoms with Crippen LogP contribution in [0, 0.1) is 5.82 Å². The molecule has 0 unspecified atom stereocenters. The summed E-state index contributed by atoms with van der Waals surface area (Å²) in [5.41, 5.74) is 6.72. The zero-order chi connectivity index (χ0) is 20.1. The predicted molar refractivity (Wildman–Crippen MR) is 100 cm³/mol. The Morgan fingerprint density at radius 2 is 1.96 bits per heavy atom. The first-order valence-electron chi connectivity index (χ1n) is 8.34. The molecule has 5 N–H and O–H groups in total. The molecular formula is C19H18FN5O3. The largest absolute Gasteiger partial charge is 0.508 e. The third-order valence-electron chi connectivity index (χ3n) is 4.05. The Morgan fingerprint density at radius 1 is 1.18 bits per heavy atom. The second-order valence-electron chi connectivity index (χ2n) is 6.01. The molecule has 0 atom stereocenters. The van der Waals surface area contributed by atoms with Crippen molar-refractivity contribution in [1.29, 1.82) is 0 Å². The van der Waals surface area contributed by atoms with Gasteiger partial charge in [-0.25, -0.2) is 14.2 Å². The highest BCUT2D eigenvalue weighted by Crippen LogP contribution is 2.23. The average molecular weight is 383 g/mol. The summed E-state index contributed by atoms with van der Waals surface area (Å²) in [6, 6.07) is 10.2. The van der Waals surface area contributed by atoms with Crippen LogP contribution in [0.3, 0.4) is 0 Å². The first kappa shape index (κ1) is 18.9. The number of nitrogens with zero attached hydrogens (tertiary/aromatic N) is 2. The van der Waals surface area contributed by atoms with E-state index < -0.39 is 17.8 Å². The highest BCUT2D eigenvalue weighted by molar-refractivity contribution is 5.91. The fraction of sp³-hybridized carbons (Fsp3) is 0.105. The molecule has 0 aliphatic carbocycles. The Balaban J connectivity index is 1.62. The van der Waals surface area contributed by atoms with Crippen molar-refractivity contribution in [2.24, 2.45) is 5.73 Å².